The van der Waals surface area contributed by atoms with Crippen molar-refractivity contribution < 1.29 is 12.8 Å². The molecule has 0 aliphatic heterocycles. The normalized spacial score (nSPS) is 11.7. The summed E-state index contributed by atoms with van der Waals surface area (Å²) < 4.78 is 29.1. The van der Waals surface area contributed by atoms with Gasteiger partial charge in [-0.05, 0) is 25.2 Å². The van der Waals surface area contributed by atoms with E-state index in [4.69, 9.17) is 10.3 Å². The second kappa shape index (κ2) is 5.61. The van der Waals surface area contributed by atoms with Crippen molar-refractivity contribution in [3.63, 3.8) is 0 Å². The minimum absolute atomic E-state index is 0.164. The molecule has 108 valence electrons. The Balaban J connectivity index is 2.56. The van der Waals surface area contributed by atoms with Gasteiger partial charge in [-0.2, -0.15) is 0 Å². The third-order valence-corrected chi connectivity index (χ3v) is 4.52. The first-order chi connectivity index (χ1) is 9.47. The van der Waals surface area contributed by atoms with Crippen LogP contribution in [-0.2, 0) is 9.84 Å². The average molecular weight is 297 g/mol. The number of hydrogen-bond acceptors (Lipinski definition) is 7. The van der Waals surface area contributed by atoms with Gasteiger partial charge in [0.15, 0.2) is 14.7 Å². The van der Waals surface area contributed by atoms with Crippen LogP contribution in [0.25, 0.3) is 11.0 Å². The van der Waals surface area contributed by atoms with E-state index in [1.54, 1.807) is 19.2 Å². The third kappa shape index (κ3) is 2.82. The maximum absolute atomic E-state index is 12.0. The molecule has 0 saturated carbocycles. The Morgan fingerprint density at radius 1 is 1.30 bits per heavy atom. The molecule has 1 heterocycles. The van der Waals surface area contributed by atoms with Crippen LogP contribution in [0, 0.1) is 0 Å². The summed E-state index contributed by atoms with van der Waals surface area (Å²) in [5, 5.41) is 3.25. The zero-order valence-electron chi connectivity index (χ0n) is 10.8. The molecule has 0 radical (unpaired) electrons. The van der Waals surface area contributed by atoms with Crippen LogP contribution in [0.5, 0.6) is 0 Å². The lowest BCUT2D eigenvalue weighted by atomic mass is 10.2. The van der Waals surface area contributed by atoms with E-state index in [1.807, 2.05) is 0 Å². The van der Waals surface area contributed by atoms with Crippen LogP contribution in [0.4, 0.5) is 5.69 Å². The summed E-state index contributed by atoms with van der Waals surface area (Å²) in [7, 11) is -2.03. The highest BCUT2D eigenvalue weighted by Crippen LogP contribution is 2.20. The maximum atomic E-state index is 12.0. The van der Waals surface area contributed by atoms with Gasteiger partial charge in [-0.1, -0.05) is 0 Å². The quantitative estimate of drug-likeness (QED) is 0.406. The van der Waals surface area contributed by atoms with E-state index in [9.17, 15) is 13.2 Å². The number of nitrogens with two attached hydrogens (primary N) is 1. The Morgan fingerprint density at radius 3 is 2.70 bits per heavy atom. The van der Waals surface area contributed by atoms with E-state index in [-0.39, 0.29) is 22.8 Å². The van der Waals surface area contributed by atoms with Gasteiger partial charge in [-0.25, -0.2) is 13.2 Å². The molecule has 8 heteroatoms. The van der Waals surface area contributed by atoms with Crippen LogP contribution in [0.15, 0.2) is 38.4 Å². The first-order valence-corrected chi connectivity index (χ1v) is 7.55. The van der Waals surface area contributed by atoms with Crippen molar-refractivity contribution in [2.24, 2.45) is 5.84 Å². The summed E-state index contributed by atoms with van der Waals surface area (Å²) in [6, 6.07) is 6.14. The van der Waals surface area contributed by atoms with Gasteiger partial charge < -0.3 is 15.2 Å². The first kappa shape index (κ1) is 14.5. The summed E-state index contributed by atoms with van der Waals surface area (Å²) >= 11 is 0. The fraction of sp³-hybridized carbons (Fsp3) is 0.250. The van der Waals surface area contributed by atoms with Crippen LogP contribution in [0.2, 0.25) is 0 Å². The molecule has 1 aromatic heterocycles. The van der Waals surface area contributed by atoms with Gasteiger partial charge >= 0.3 is 5.63 Å². The molecule has 2 aromatic rings. The number of rotatable bonds is 5. The third-order valence-electron chi connectivity index (χ3n) is 2.83. The molecule has 2 rings (SSSR count). The van der Waals surface area contributed by atoms with Crippen molar-refractivity contribution in [1.29, 1.82) is 0 Å². The van der Waals surface area contributed by atoms with Gasteiger partial charge in [-0.3, -0.25) is 5.84 Å². The van der Waals surface area contributed by atoms with Gasteiger partial charge in [0.2, 0.25) is 0 Å². The highest BCUT2D eigenvalue weighted by atomic mass is 32.2. The molecule has 20 heavy (non-hydrogen) atoms. The highest BCUT2D eigenvalue weighted by Gasteiger charge is 2.20. The van der Waals surface area contributed by atoms with E-state index in [0.717, 1.165) is 0 Å². The van der Waals surface area contributed by atoms with E-state index in [1.165, 1.54) is 12.1 Å². The molecule has 0 fully saturated rings. The summed E-state index contributed by atoms with van der Waals surface area (Å²) in [5.41, 5.74) is 2.39. The highest BCUT2D eigenvalue weighted by molar-refractivity contribution is 7.91. The van der Waals surface area contributed by atoms with Crippen LogP contribution < -0.4 is 22.2 Å². The van der Waals surface area contributed by atoms with Crippen LogP contribution >= 0.6 is 0 Å². The number of anilines is 1. The fourth-order valence-electron chi connectivity index (χ4n) is 1.75. The zero-order chi connectivity index (χ0) is 14.8. The van der Waals surface area contributed by atoms with Crippen molar-refractivity contribution in [1.82, 2.24) is 5.32 Å². The molecule has 0 aliphatic carbocycles. The van der Waals surface area contributed by atoms with E-state index in [2.05, 4.69) is 10.7 Å². The number of hydrazine groups is 1. The molecule has 0 unspecified atom stereocenters. The maximum Gasteiger partial charge on any atom is 0.355 e. The Hall–Kier alpha value is -1.90. The monoisotopic (exact) mass is 297 g/mol. The topological polar surface area (TPSA) is 114 Å². The summed E-state index contributed by atoms with van der Waals surface area (Å²) in [6.07, 6.45) is 0. The standard InChI is InChI=1S/C12H15N3O4S/c1-14-4-5-20(17,18)11-6-8-2-3-9(15-13)7-10(8)19-12(11)16/h2-3,6-7,14-15H,4-5,13H2,1H3. The second-order valence-corrected chi connectivity index (χ2v) is 6.30. The number of nitrogen functional groups attached to an aromatic ring is 1. The Bertz CT molecular complexity index is 783. The molecule has 0 amide bonds. The van der Waals surface area contributed by atoms with Gasteiger partial charge in [0.25, 0.3) is 0 Å². The van der Waals surface area contributed by atoms with Crippen molar-refractivity contribution >= 4 is 26.5 Å². The van der Waals surface area contributed by atoms with E-state index < -0.39 is 15.5 Å². The predicted molar refractivity (Wildman–Crippen MR) is 76.3 cm³/mol. The molecule has 0 spiro atoms. The summed E-state index contributed by atoms with van der Waals surface area (Å²) in [5.74, 6) is 5.10. The van der Waals surface area contributed by atoms with Crippen molar-refractivity contribution in [3.05, 3.63) is 34.7 Å². The lowest BCUT2D eigenvalue weighted by Gasteiger charge is -2.05. The lowest BCUT2D eigenvalue weighted by Crippen LogP contribution is -2.23. The number of benzene rings is 1. The average Bonchev–Trinajstić information content (AvgIpc) is 2.43. The summed E-state index contributed by atoms with van der Waals surface area (Å²) in [4.78, 5) is 11.5. The van der Waals surface area contributed by atoms with Gasteiger partial charge in [0.1, 0.15) is 5.58 Å². The molecule has 0 saturated heterocycles. The number of hydrogen-bond donors (Lipinski definition) is 3. The minimum Gasteiger partial charge on any atom is -0.422 e. The SMILES string of the molecule is CNCCS(=O)(=O)c1cc2ccc(NN)cc2oc1=O. The van der Waals surface area contributed by atoms with Gasteiger partial charge in [0, 0.05) is 18.0 Å². The molecule has 0 atom stereocenters. The number of sulfone groups is 1. The molecule has 0 aliphatic rings. The van der Waals surface area contributed by atoms with Crippen molar-refractivity contribution in [2.75, 3.05) is 24.8 Å². The fourth-order valence-corrected chi connectivity index (χ4v) is 3.04. The van der Waals surface area contributed by atoms with Gasteiger partial charge in [-0.15, -0.1) is 0 Å². The van der Waals surface area contributed by atoms with E-state index in [0.29, 0.717) is 11.1 Å². The second-order valence-electron chi connectivity index (χ2n) is 4.22. The Kier molecular flexibility index (Phi) is 4.07. The Labute approximate surface area is 115 Å². The van der Waals surface area contributed by atoms with E-state index >= 15 is 0 Å². The largest absolute Gasteiger partial charge is 0.422 e. The Morgan fingerprint density at radius 2 is 2.05 bits per heavy atom. The summed E-state index contributed by atoms with van der Waals surface area (Å²) in [6.45, 7) is 0.260. The van der Waals surface area contributed by atoms with Crippen molar-refractivity contribution in [3.8, 4) is 0 Å². The molecule has 4 N–H and O–H groups in total. The van der Waals surface area contributed by atoms with Crippen LogP contribution in [0.3, 0.4) is 0 Å². The lowest BCUT2D eigenvalue weighted by molar-refractivity contribution is 0.532. The minimum atomic E-state index is -3.67. The zero-order valence-corrected chi connectivity index (χ0v) is 11.7. The molecule has 0 bridgehead atoms. The van der Waals surface area contributed by atoms with Crippen LogP contribution in [-0.4, -0.2) is 27.8 Å². The number of nitrogens with one attached hydrogen (secondary N) is 2. The molecular weight excluding hydrogens is 282 g/mol. The van der Waals surface area contributed by atoms with Crippen LogP contribution in [0.1, 0.15) is 0 Å². The van der Waals surface area contributed by atoms with Gasteiger partial charge in [0.05, 0.1) is 11.4 Å². The molecular formula is C12H15N3O4S. The first-order valence-electron chi connectivity index (χ1n) is 5.90. The smallest absolute Gasteiger partial charge is 0.355 e. The predicted octanol–water partition coefficient (Wildman–Crippen LogP) is 0.0717. The van der Waals surface area contributed by atoms with Crippen molar-refractivity contribution in [2.45, 2.75) is 4.90 Å². The number of fused-ring (bicyclic) bond motifs is 1. The molecule has 1 aromatic carbocycles. The molecule has 7 nitrogen and oxygen atoms in total.